The van der Waals surface area contributed by atoms with Crippen molar-refractivity contribution in [2.24, 2.45) is 7.05 Å². The first-order chi connectivity index (χ1) is 13.9. The molecule has 148 valence electrons. The van der Waals surface area contributed by atoms with Crippen LogP contribution < -0.4 is 10.3 Å². The van der Waals surface area contributed by atoms with Gasteiger partial charge in [-0.2, -0.15) is 0 Å². The molecule has 0 bridgehead atoms. The third kappa shape index (κ3) is 4.01. The summed E-state index contributed by atoms with van der Waals surface area (Å²) in [5.41, 5.74) is 1.48. The molecule has 2 aromatic carbocycles. The van der Waals surface area contributed by atoms with E-state index in [9.17, 15) is 14.4 Å². The van der Waals surface area contributed by atoms with Crippen LogP contribution in [0.4, 0.5) is 4.79 Å². The topological polar surface area (TPSA) is 81.5 Å². The van der Waals surface area contributed by atoms with Crippen molar-refractivity contribution in [2.45, 2.75) is 18.3 Å². The Morgan fingerprint density at radius 2 is 1.83 bits per heavy atom. The van der Waals surface area contributed by atoms with Crippen LogP contribution >= 0.6 is 34.6 Å². The first kappa shape index (κ1) is 19.9. The average molecular weight is 521 g/mol. The number of aromatic nitrogens is 2. The number of hydrogen-bond donors (Lipinski definition) is 0. The number of nitrogens with zero attached hydrogens (tertiary/aromatic N) is 3. The quantitative estimate of drug-likeness (QED) is 0.378. The predicted molar refractivity (Wildman–Crippen MR) is 119 cm³/mol. The van der Waals surface area contributed by atoms with Gasteiger partial charge >= 0.3 is 0 Å². The largest absolute Gasteiger partial charge is 0.486 e. The van der Waals surface area contributed by atoms with Crippen LogP contribution in [-0.4, -0.2) is 29.1 Å². The molecule has 4 rings (SSSR count). The summed E-state index contributed by atoms with van der Waals surface area (Å²) in [6, 6.07) is 14.6. The lowest BCUT2D eigenvalue weighted by Gasteiger charge is -2.11. The molecule has 9 heteroatoms. The summed E-state index contributed by atoms with van der Waals surface area (Å²) < 4.78 is 8.42. The second kappa shape index (κ2) is 8.15. The maximum Gasteiger partial charge on any atom is 0.298 e. The number of hydrogen-bond acceptors (Lipinski definition) is 6. The van der Waals surface area contributed by atoms with Crippen molar-refractivity contribution < 1.29 is 14.3 Å². The number of carbonyl (C=O) groups excluding carboxylic acids is 2. The van der Waals surface area contributed by atoms with Crippen LogP contribution in [0.15, 0.2) is 53.3 Å². The van der Waals surface area contributed by atoms with E-state index in [4.69, 9.17) is 4.74 Å². The average Bonchev–Trinajstić information content (AvgIpc) is 2.97. The highest BCUT2D eigenvalue weighted by Gasteiger charge is 2.38. The Balaban J connectivity index is 1.44. The summed E-state index contributed by atoms with van der Waals surface area (Å²) in [6.07, 6.45) is 0.482. The van der Waals surface area contributed by atoms with Crippen molar-refractivity contribution in [3.63, 3.8) is 0 Å². The normalized spacial score (nSPS) is 16.6. The Bertz CT molecular complexity index is 1160. The lowest BCUT2D eigenvalue weighted by Crippen LogP contribution is -2.23. The highest BCUT2D eigenvalue weighted by molar-refractivity contribution is 14.1. The number of para-hydroxylation sites is 1. The molecule has 0 N–H and O–H groups in total. The summed E-state index contributed by atoms with van der Waals surface area (Å²) in [5, 5.41) is -0.0393. The van der Waals surface area contributed by atoms with E-state index in [1.165, 1.54) is 4.57 Å². The number of amides is 2. The number of carbonyl (C=O) groups is 2. The van der Waals surface area contributed by atoms with Gasteiger partial charge in [-0.05, 0) is 48.0 Å². The zero-order valence-electron chi connectivity index (χ0n) is 15.4. The second-order valence-corrected chi connectivity index (χ2v) is 8.66. The van der Waals surface area contributed by atoms with E-state index < -0.39 is 0 Å². The van der Waals surface area contributed by atoms with Crippen molar-refractivity contribution in [1.29, 1.82) is 0 Å². The SMILES string of the molecule is Cn1c(COc2ccc(CC3SC(=O)N(I)C3=O)cc2)nc2ccccc2c1=O. The number of rotatable bonds is 5. The van der Waals surface area contributed by atoms with Gasteiger partial charge in [-0.1, -0.05) is 24.3 Å². The number of ether oxygens (including phenoxy) is 1. The first-order valence-corrected chi connectivity index (χ1v) is 10.7. The van der Waals surface area contributed by atoms with Crippen LogP contribution in [0.5, 0.6) is 5.75 Å². The summed E-state index contributed by atoms with van der Waals surface area (Å²) in [7, 11) is 1.68. The fraction of sp³-hybridized carbons (Fsp3) is 0.200. The summed E-state index contributed by atoms with van der Waals surface area (Å²) in [4.78, 5) is 40.6. The molecule has 1 atom stereocenters. The van der Waals surface area contributed by atoms with Gasteiger partial charge < -0.3 is 4.74 Å². The van der Waals surface area contributed by atoms with Gasteiger partial charge in [0.25, 0.3) is 16.7 Å². The van der Waals surface area contributed by atoms with Gasteiger partial charge in [0, 0.05) is 7.05 Å². The Hall–Kier alpha value is -2.40. The molecule has 1 aliphatic heterocycles. The maximum absolute atomic E-state index is 12.5. The van der Waals surface area contributed by atoms with E-state index >= 15 is 0 Å². The van der Waals surface area contributed by atoms with Gasteiger partial charge in [0.1, 0.15) is 18.2 Å². The third-order valence-corrected chi connectivity index (χ3v) is 6.94. The number of imide groups is 1. The molecule has 1 aliphatic rings. The van der Waals surface area contributed by atoms with Crippen LogP contribution in [0, 0.1) is 0 Å². The lowest BCUT2D eigenvalue weighted by atomic mass is 10.1. The van der Waals surface area contributed by atoms with Gasteiger partial charge in [0.15, 0.2) is 0 Å². The molecule has 0 saturated carbocycles. The molecule has 2 heterocycles. The maximum atomic E-state index is 12.5. The summed E-state index contributed by atoms with van der Waals surface area (Å²) >= 11 is 2.79. The van der Waals surface area contributed by atoms with Crippen LogP contribution in [-0.2, 0) is 24.9 Å². The van der Waals surface area contributed by atoms with Crippen LogP contribution in [0.25, 0.3) is 10.9 Å². The van der Waals surface area contributed by atoms with E-state index in [-0.39, 0.29) is 28.6 Å². The fourth-order valence-corrected chi connectivity index (χ4v) is 4.81. The second-order valence-electron chi connectivity index (χ2n) is 6.54. The Morgan fingerprint density at radius 1 is 1.10 bits per heavy atom. The number of benzene rings is 2. The minimum Gasteiger partial charge on any atom is -0.486 e. The smallest absolute Gasteiger partial charge is 0.298 e. The van der Waals surface area contributed by atoms with E-state index in [1.807, 2.05) is 36.4 Å². The number of thioether (sulfide) groups is 1. The van der Waals surface area contributed by atoms with Crippen molar-refractivity contribution in [2.75, 3.05) is 0 Å². The van der Waals surface area contributed by atoms with Crippen molar-refractivity contribution in [3.8, 4) is 5.75 Å². The molecule has 3 aromatic rings. The molecule has 1 saturated heterocycles. The number of halogens is 1. The minimum atomic E-state index is -0.387. The predicted octanol–water partition coefficient (Wildman–Crippen LogP) is 3.47. The number of fused-ring (bicyclic) bond motifs is 1. The first-order valence-electron chi connectivity index (χ1n) is 8.81. The molecule has 0 radical (unpaired) electrons. The van der Waals surface area contributed by atoms with Crippen LogP contribution in [0.3, 0.4) is 0 Å². The fourth-order valence-electron chi connectivity index (χ4n) is 3.04. The molecule has 1 unspecified atom stereocenters. The monoisotopic (exact) mass is 521 g/mol. The standard InChI is InChI=1S/C20H16IN3O4S/c1-23-17(22-15-5-3-2-4-14(15)18(23)25)11-28-13-8-6-12(7-9-13)10-16-19(26)24(21)20(27)29-16/h2-9,16H,10-11H2,1H3. The molecule has 0 aliphatic carbocycles. The van der Waals surface area contributed by atoms with Crippen LogP contribution in [0.2, 0.25) is 0 Å². The third-order valence-electron chi connectivity index (χ3n) is 4.66. The zero-order chi connectivity index (χ0) is 20.5. The van der Waals surface area contributed by atoms with Crippen molar-refractivity contribution in [3.05, 3.63) is 70.3 Å². The summed E-state index contributed by atoms with van der Waals surface area (Å²) in [6.45, 7) is 0.158. The highest BCUT2D eigenvalue weighted by Crippen LogP contribution is 2.32. The van der Waals surface area contributed by atoms with E-state index in [0.717, 1.165) is 20.4 Å². The van der Waals surface area contributed by atoms with Gasteiger partial charge in [-0.3, -0.25) is 19.0 Å². The van der Waals surface area contributed by atoms with Crippen molar-refractivity contribution in [1.82, 2.24) is 12.7 Å². The van der Waals surface area contributed by atoms with Crippen molar-refractivity contribution >= 4 is 56.7 Å². The van der Waals surface area contributed by atoms with Gasteiger partial charge in [0.05, 0.1) is 39.0 Å². The molecule has 2 amide bonds. The minimum absolute atomic E-state index is 0.109. The molecule has 0 spiro atoms. The molecular formula is C20H16IN3O4S. The lowest BCUT2D eigenvalue weighted by molar-refractivity contribution is -0.122. The Labute approximate surface area is 184 Å². The van der Waals surface area contributed by atoms with Gasteiger partial charge in [0.2, 0.25) is 0 Å². The molecule has 29 heavy (non-hydrogen) atoms. The zero-order valence-corrected chi connectivity index (χ0v) is 18.3. The Kier molecular flexibility index (Phi) is 5.59. The molecule has 1 fully saturated rings. The van der Waals surface area contributed by atoms with E-state index in [1.54, 1.807) is 42.0 Å². The van der Waals surface area contributed by atoms with E-state index in [0.29, 0.717) is 28.9 Å². The molecule has 1 aromatic heterocycles. The highest BCUT2D eigenvalue weighted by atomic mass is 127. The van der Waals surface area contributed by atoms with Gasteiger partial charge in [-0.25, -0.2) is 8.10 Å². The van der Waals surface area contributed by atoms with E-state index in [2.05, 4.69) is 4.98 Å². The Morgan fingerprint density at radius 3 is 2.52 bits per heavy atom. The summed E-state index contributed by atoms with van der Waals surface area (Å²) in [5.74, 6) is 0.990. The molecule has 7 nitrogen and oxygen atoms in total. The van der Waals surface area contributed by atoms with Gasteiger partial charge in [-0.15, -0.1) is 0 Å². The van der Waals surface area contributed by atoms with Crippen LogP contribution in [0.1, 0.15) is 11.4 Å². The molecular weight excluding hydrogens is 505 g/mol.